The molecule has 2 atom stereocenters. The van der Waals surface area contributed by atoms with Crippen LogP contribution in [-0.4, -0.2) is 27.2 Å². The molecule has 90 valence electrons. The summed E-state index contributed by atoms with van der Waals surface area (Å²) in [5, 5.41) is 9.11. The first-order valence-corrected chi connectivity index (χ1v) is 5.61. The van der Waals surface area contributed by atoms with Gasteiger partial charge in [0.25, 0.3) is 5.91 Å². The van der Waals surface area contributed by atoms with Crippen LogP contribution in [-0.2, 0) is 0 Å². The third-order valence-electron chi connectivity index (χ3n) is 3.33. The van der Waals surface area contributed by atoms with Crippen LogP contribution in [0.4, 0.5) is 0 Å². The maximum Gasteiger partial charge on any atom is 0.270 e. The quantitative estimate of drug-likeness (QED) is 0.736. The number of imidazole rings is 1. The zero-order chi connectivity index (χ0) is 12.4. The summed E-state index contributed by atoms with van der Waals surface area (Å²) in [5.74, 6) is 2.18. The van der Waals surface area contributed by atoms with Gasteiger partial charge in [-0.3, -0.25) is 4.79 Å². The topological polar surface area (TPSA) is 81.1 Å². The molecular formula is C12H15N3O2. The number of nitrogens with zero attached hydrogens (tertiary/aromatic N) is 2. The number of carbonyl (C=O) groups is 1. The lowest BCUT2D eigenvalue weighted by molar-refractivity contribution is 0.0995. The van der Waals surface area contributed by atoms with Gasteiger partial charge in [0.2, 0.25) is 0 Å². The molecule has 2 unspecified atom stereocenters. The molecule has 5 heteroatoms. The predicted molar refractivity (Wildman–Crippen MR) is 62.1 cm³/mol. The van der Waals surface area contributed by atoms with Crippen molar-refractivity contribution in [2.75, 3.05) is 6.61 Å². The molecule has 17 heavy (non-hydrogen) atoms. The van der Waals surface area contributed by atoms with Gasteiger partial charge in [-0.1, -0.05) is 0 Å². The smallest absolute Gasteiger partial charge is 0.270 e. The average Bonchev–Trinajstić information content (AvgIpc) is 2.94. The molecule has 0 saturated heterocycles. The van der Waals surface area contributed by atoms with Gasteiger partial charge in [0.1, 0.15) is 5.69 Å². The van der Waals surface area contributed by atoms with Crippen LogP contribution in [0.2, 0.25) is 0 Å². The van der Waals surface area contributed by atoms with Crippen molar-refractivity contribution in [3.63, 3.8) is 0 Å². The maximum absolute atomic E-state index is 11.1. The second-order valence-electron chi connectivity index (χ2n) is 4.37. The molecule has 0 aliphatic heterocycles. The number of terminal acetylenes is 1. The highest BCUT2D eigenvalue weighted by Gasteiger charge is 2.28. The number of primary amides is 1. The average molecular weight is 233 g/mol. The van der Waals surface area contributed by atoms with Crippen LogP contribution in [0.5, 0.6) is 0 Å². The van der Waals surface area contributed by atoms with Gasteiger partial charge in [-0.05, 0) is 31.1 Å². The molecule has 1 aliphatic carbocycles. The molecule has 1 aromatic rings. The lowest BCUT2D eigenvalue weighted by Gasteiger charge is -2.13. The zero-order valence-electron chi connectivity index (χ0n) is 9.47. The van der Waals surface area contributed by atoms with Crippen molar-refractivity contribution in [2.45, 2.75) is 25.3 Å². The summed E-state index contributed by atoms with van der Waals surface area (Å²) in [5.41, 5.74) is 5.80. The number of amides is 1. The lowest BCUT2D eigenvalue weighted by Crippen LogP contribution is -2.15. The summed E-state index contributed by atoms with van der Waals surface area (Å²) >= 11 is 0. The fraction of sp³-hybridized carbons (Fsp3) is 0.500. The lowest BCUT2D eigenvalue weighted by atomic mass is 10.1. The SMILES string of the molecule is C#Cc1c(C(N)=O)ncn1C1CCC(CO)C1. The van der Waals surface area contributed by atoms with Gasteiger partial charge in [0, 0.05) is 12.6 Å². The van der Waals surface area contributed by atoms with E-state index in [0.29, 0.717) is 11.6 Å². The molecule has 0 spiro atoms. The van der Waals surface area contributed by atoms with Crippen molar-refractivity contribution in [3.8, 4) is 12.3 Å². The summed E-state index contributed by atoms with van der Waals surface area (Å²) in [4.78, 5) is 15.1. The van der Waals surface area contributed by atoms with E-state index in [1.165, 1.54) is 0 Å². The van der Waals surface area contributed by atoms with Gasteiger partial charge < -0.3 is 15.4 Å². The normalized spacial score (nSPS) is 23.5. The van der Waals surface area contributed by atoms with Crippen molar-refractivity contribution in [3.05, 3.63) is 17.7 Å². The van der Waals surface area contributed by atoms with Crippen LogP contribution in [0, 0.1) is 18.3 Å². The van der Waals surface area contributed by atoms with E-state index in [0.717, 1.165) is 19.3 Å². The van der Waals surface area contributed by atoms with Gasteiger partial charge in [-0.2, -0.15) is 0 Å². The first-order valence-electron chi connectivity index (χ1n) is 5.61. The van der Waals surface area contributed by atoms with E-state index in [2.05, 4.69) is 10.9 Å². The number of hydrogen-bond acceptors (Lipinski definition) is 3. The van der Waals surface area contributed by atoms with E-state index < -0.39 is 5.91 Å². The van der Waals surface area contributed by atoms with E-state index in [9.17, 15) is 4.79 Å². The highest BCUT2D eigenvalue weighted by molar-refractivity contribution is 5.93. The molecule has 1 heterocycles. The molecule has 1 amide bonds. The Hall–Kier alpha value is -1.80. The monoisotopic (exact) mass is 233 g/mol. The van der Waals surface area contributed by atoms with Crippen molar-refractivity contribution in [1.29, 1.82) is 0 Å². The first kappa shape index (κ1) is 11.7. The van der Waals surface area contributed by atoms with Crippen molar-refractivity contribution in [1.82, 2.24) is 9.55 Å². The molecule has 5 nitrogen and oxygen atoms in total. The predicted octanol–water partition coefficient (Wildman–Crippen LogP) is 0.297. The number of aliphatic hydroxyl groups is 1. The highest BCUT2D eigenvalue weighted by atomic mass is 16.3. The molecule has 1 aromatic heterocycles. The summed E-state index contributed by atoms with van der Waals surface area (Å²) in [6, 6.07) is 0.207. The van der Waals surface area contributed by atoms with Crippen LogP contribution >= 0.6 is 0 Å². The van der Waals surface area contributed by atoms with Crippen molar-refractivity contribution < 1.29 is 9.90 Å². The van der Waals surface area contributed by atoms with Crippen molar-refractivity contribution >= 4 is 5.91 Å². The minimum Gasteiger partial charge on any atom is -0.396 e. The number of aliphatic hydroxyl groups excluding tert-OH is 1. The maximum atomic E-state index is 11.1. The van der Waals surface area contributed by atoms with Crippen LogP contribution in [0.1, 0.15) is 41.5 Å². The van der Waals surface area contributed by atoms with E-state index in [4.69, 9.17) is 17.3 Å². The van der Waals surface area contributed by atoms with Crippen molar-refractivity contribution in [2.24, 2.45) is 11.7 Å². The molecule has 3 N–H and O–H groups in total. The van der Waals surface area contributed by atoms with E-state index in [1.54, 1.807) is 6.33 Å². The fourth-order valence-electron chi connectivity index (χ4n) is 2.43. The van der Waals surface area contributed by atoms with Crippen LogP contribution in [0.25, 0.3) is 0 Å². The first-order chi connectivity index (χ1) is 8.17. The zero-order valence-corrected chi connectivity index (χ0v) is 9.47. The Balaban J connectivity index is 2.28. The molecular weight excluding hydrogens is 218 g/mol. The molecule has 2 rings (SSSR count). The third-order valence-corrected chi connectivity index (χ3v) is 3.33. The number of hydrogen-bond donors (Lipinski definition) is 2. The molecule has 0 aromatic carbocycles. The number of carbonyl (C=O) groups excluding carboxylic acids is 1. The molecule has 0 bridgehead atoms. The van der Waals surface area contributed by atoms with E-state index >= 15 is 0 Å². The summed E-state index contributed by atoms with van der Waals surface area (Å²) in [7, 11) is 0. The number of nitrogens with two attached hydrogens (primary N) is 1. The Morgan fingerprint density at radius 2 is 2.47 bits per heavy atom. The Morgan fingerprint density at radius 1 is 1.71 bits per heavy atom. The number of aromatic nitrogens is 2. The van der Waals surface area contributed by atoms with Gasteiger partial charge in [-0.15, -0.1) is 6.42 Å². The van der Waals surface area contributed by atoms with Gasteiger partial charge in [0.05, 0.1) is 6.33 Å². The van der Waals surface area contributed by atoms with Crippen LogP contribution < -0.4 is 5.73 Å². The highest BCUT2D eigenvalue weighted by Crippen LogP contribution is 2.35. The minimum atomic E-state index is -0.603. The largest absolute Gasteiger partial charge is 0.396 e. The Bertz CT molecular complexity index is 473. The molecule has 1 fully saturated rings. The van der Waals surface area contributed by atoms with E-state index in [1.807, 2.05) is 4.57 Å². The third kappa shape index (κ3) is 2.04. The Kier molecular flexibility index (Phi) is 3.16. The second kappa shape index (κ2) is 4.60. The van der Waals surface area contributed by atoms with Gasteiger partial charge >= 0.3 is 0 Å². The Morgan fingerprint density at radius 3 is 3.00 bits per heavy atom. The van der Waals surface area contributed by atoms with Gasteiger partial charge in [-0.25, -0.2) is 4.98 Å². The standard InChI is InChI=1S/C12H15N3O2/c1-2-10-11(12(13)17)14-7-15(10)9-4-3-8(5-9)6-16/h1,7-9,16H,3-6H2,(H2,13,17). The Labute approximate surface area is 99.6 Å². The summed E-state index contributed by atoms with van der Waals surface area (Å²) in [6.45, 7) is 0.194. The molecule has 0 radical (unpaired) electrons. The van der Waals surface area contributed by atoms with Crippen LogP contribution in [0.15, 0.2) is 6.33 Å². The minimum absolute atomic E-state index is 0.153. The fourth-order valence-corrected chi connectivity index (χ4v) is 2.43. The van der Waals surface area contributed by atoms with Gasteiger partial charge in [0.15, 0.2) is 5.69 Å². The summed E-state index contributed by atoms with van der Waals surface area (Å²) < 4.78 is 1.83. The van der Waals surface area contributed by atoms with Crippen LogP contribution in [0.3, 0.4) is 0 Å². The number of rotatable bonds is 3. The molecule has 1 aliphatic rings. The van der Waals surface area contributed by atoms with E-state index in [-0.39, 0.29) is 18.3 Å². The second-order valence-corrected chi connectivity index (χ2v) is 4.37. The summed E-state index contributed by atoms with van der Waals surface area (Å²) in [6.07, 6.45) is 9.74. The molecule has 1 saturated carbocycles.